The summed E-state index contributed by atoms with van der Waals surface area (Å²) in [6.07, 6.45) is 1.80. The monoisotopic (exact) mass is 350 g/mol. The van der Waals surface area contributed by atoms with Crippen molar-refractivity contribution < 1.29 is 9.90 Å². The Bertz CT molecular complexity index is 1000. The molecule has 5 heteroatoms. The van der Waals surface area contributed by atoms with E-state index in [2.05, 4.69) is 17.2 Å². The van der Waals surface area contributed by atoms with Gasteiger partial charge in [-0.05, 0) is 36.6 Å². The lowest BCUT2D eigenvalue weighted by molar-refractivity contribution is 0.0943. The molecule has 0 bridgehead atoms. The number of pyridine rings is 1. The van der Waals surface area contributed by atoms with Gasteiger partial charge in [-0.1, -0.05) is 49.2 Å². The molecule has 3 N–H and O–H groups in total. The summed E-state index contributed by atoms with van der Waals surface area (Å²) in [5.74, 6) is -0.707. The van der Waals surface area contributed by atoms with Gasteiger partial charge >= 0.3 is 0 Å². The summed E-state index contributed by atoms with van der Waals surface area (Å²) >= 11 is 0. The maximum absolute atomic E-state index is 12.5. The van der Waals surface area contributed by atoms with Gasteiger partial charge in [0, 0.05) is 11.9 Å². The topological polar surface area (TPSA) is 82.2 Å². The lowest BCUT2D eigenvalue weighted by Gasteiger charge is -2.10. The highest BCUT2D eigenvalue weighted by atomic mass is 16.3. The molecule has 134 valence electrons. The largest absolute Gasteiger partial charge is 0.505 e. The van der Waals surface area contributed by atoms with Gasteiger partial charge in [0.2, 0.25) is 0 Å². The number of amides is 1. The maximum Gasteiger partial charge on any atom is 0.271 e. The molecule has 0 spiro atoms. The van der Waals surface area contributed by atoms with Gasteiger partial charge in [0.1, 0.15) is 5.69 Å². The lowest BCUT2D eigenvalue weighted by atomic mass is 10.0. The van der Waals surface area contributed by atoms with Crippen LogP contribution in [0.3, 0.4) is 0 Å². The number of aryl methyl sites for hydroxylation is 2. The summed E-state index contributed by atoms with van der Waals surface area (Å²) in [5.41, 5.74) is 2.60. The normalized spacial score (nSPS) is 10.8. The van der Waals surface area contributed by atoms with Crippen molar-refractivity contribution in [3.8, 4) is 5.75 Å². The highest BCUT2D eigenvalue weighted by Gasteiger charge is 2.17. The van der Waals surface area contributed by atoms with E-state index in [9.17, 15) is 14.7 Å². The fourth-order valence-electron chi connectivity index (χ4n) is 2.95. The number of nitrogens with one attached hydrogen (secondary N) is 2. The highest BCUT2D eigenvalue weighted by molar-refractivity contribution is 6.01. The van der Waals surface area contributed by atoms with Crippen LogP contribution in [0.15, 0.2) is 47.3 Å². The molecular weight excluding hydrogens is 328 g/mol. The predicted octanol–water partition coefficient (Wildman–Crippen LogP) is 3.42. The van der Waals surface area contributed by atoms with Crippen LogP contribution in [0, 0.1) is 6.92 Å². The number of rotatable bonds is 5. The molecule has 0 aliphatic rings. The average molecular weight is 350 g/mol. The van der Waals surface area contributed by atoms with Crippen LogP contribution in [-0.2, 0) is 13.0 Å². The molecule has 0 unspecified atom stereocenters. The third-order valence-electron chi connectivity index (χ3n) is 4.40. The maximum atomic E-state index is 12.5. The molecule has 0 aliphatic heterocycles. The van der Waals surface area contributed by atoms with Crippen molar-refractivity contribution in [3.05, 3.63) is 75.2 Å². The summed E-state index contributed by atoms with van der Waals surface area (Å²) in [5, 5.41) is 14.1. The molecule has 0 fully saturated rings. The van der Waals surface area contributed by atoms with Crippen molar-refractivity contribution >= 4 is 16.7 Å². The van der Waals surface area contributed by atoms with Gasteiger partial charge in [-0.2, -0.15) is 0 Å². The van der Waals surface area contributed by atoms with E-state index in [1.165, 1.54) is 0 Å². The second-order valence-electron chi connectivity index (χ2n) is 6.48. The molecule has 3 rings (SSSR count). The average Bonchev–Trinajstić information content (AvgIpc) is 2.64. The Kier molecular flexibility index (Phi) is 5.07. The van der Waals surface area contributed by atoms with Crippen molar-refractivity contribution in [1.29, 1.82) is 0 Å². The van der Waals surface area contributed by atoms with Crippen molar-refractivity contribution in [1.82, 2.24) is 10.3 Å². The van der Waals surface area contributed by atoms with Crippen molar-refractivity contribution in [3.63, 3.8) is 0 Å². The van der Waals surface area contributed by atoms with Crippen LogP contribution >= 0.6 is 0 Å². The summed E-state index contributed by atoms with van der Waals surface area (Å²) in [4.78, 5) is 27.3. The Labute approximate surface area is 151 Å². The summed E-state index contributed by atoms with van der Waals surface area (Å²) < 4.78 is 0. The second-order valence-corrected chi connectivity index (χ2v) is 6.48. The minimum absolute atomic E-state index is 0.108. The first-order chi connectivity index (χ1) is 12.5. The fraction of sp³-hybridized carbons (Fsp3) is 0.238. The number of aromatic nitrogens is 1. The van der Waals surface area contributed by atoms with E-state index in [1.54, 1.807) is 12.1 Å². The van der Waals surface area contributed by atoms with E-state index in [1.807, 2.05) is 37.3 Å². The van der Waals surface area contributed by atoms with Crippen molar-refractivity contribution in [2.24, 2.45) is 0 Å². The smallest absolute Gasteiger partial charge is 0.271 e. The quantitative estimate of drug-likeness (QED) is 0.659. The molecule has 1 heterocycles. The molecule has 1 aromatic heterocycles. The highest BCUT2D eigenvalue weighted by Crippen LogP contribution is 2.26. The SMILES string of the molecule is CCCc1ccc2c(=O)[nH]c(C(=O)NCc3ccc(C)cc3)c(O)c2c1. The lowest BCUT2D eigenvalue weighted by Crippen LogP contribution is -2.26. The van der Waals surface area contributed by atoms with Crippen LogP contribution < -0.4 is 10.9 Å². The van der Waals surface area contributed by atoms with Crippen molar-refractivity contribution in [2.45, 2.75) is 33.2 Å². The Balaban J connectivity index is 1.90. The Morgan fingerprint density at radius 3 is 2.46 bits per heavy atom. The van der Waals surface area contributed by atoms with Crippen LogP contribution in [0.1, 0.15) is 40.5 Å². The van der Waals surface area contributed by atoms with Crippen LogP contribution in [0.4, 0.5) is 0 Å². The third kappa shape index (κ3) is 3.61. The molecule has 5 nitrogen and oxygen atoms in total. The number of aromatic amines is 1. The van der Waals surface area contributed by atoms with E-state index in [-0.39, 0.29) is 17.0 Å². The summed E-state index contributed by atoms with van der Waals surface area (Å²) in [7, 11) is 0. The fourth-order valence-corrected chi connectivity index (χ4v) is 2.95. The molecule has 0 aliphatic carbocycles. The van der Waals surface area contributed by atoms with E-state index < -0.39 is 5.91 Å². The zero-order valence-electron chi connectivity index (χ0n) is 14.9. The van der Waals surface area contributed by atoms with Crippen LogP contribution in [0.25, 0.3) is 10.8 Å². The molecule has 0 saturated heterocycles. The summed E-state index contributed by atoms with van der Waals surface area (Å²) in [6.45, 7) is 4.37. The first-order valence-corrected chi connectivity index (χ1v) is 8.71. The van der Waals surface area contributed by atoms with Gasteiger partial charge in [-0.25, -0.2) is 0 Å². The molecule has 0 atom stereocenters. The number of hydrogen-bond acceptors (Lipinski definition) is 3. The van der Waals surface area contributed by atoms with Gasteiger partial charge in [-0.3, -0.25) is 9.59 Å². The number of hydrogen-bond donors (Lipinski definition) is 3. The number of aromatic hydroxyl groups is 1. The first kappa shape index (κ1) is 17.7. The molecule has 0 radical (unpaired) electrons. The second kappa shape index (κ2) is 7.44. The number of carbonyl (C=O) groups excluding carboxylic acids is 1. The zero-order valence-corrected chi connectivity index (χ0v) is 14.9. The molecule has 26 heavy (non-hydrogen) atoms. The Morgan fingerprint density at radius 1 is 1.08 bits per heavy atom. The minimum atomic E-state index is -0.511. The molecule has 1 amide bonds. The van der Waals surface area contributed by atoms with E-state index in [0.29, 0.717) is 17.3 Å². The van der Waals surface area contributed by atoms with Crippen molar-refractivity contribution in [2.75, 3.05) is 0 Å². The molecule has 3 aromatic rings. The van der Waals surface area contributed by atoms with Crippen LogP contribution in [0.5, 0.6) is 5.75 Å². The zero-order chi connectivity index (χ0) is 18.7. The van der Waals surface area contributed by atoms with Gasteiger partial charge in [-0.15, -0.1) is 0 Å². The number of fused-ring (bicyclic) bond motifs is 1. The van der Waals surface area contributed by atoms with E-state index in [0.717, 1.165) is 29.5 Å². The minimum Gasteiger partial charge on any atom is -0.505 e. The van der Waals surface area contributed by atoms with E-state index in [4.69, 9.17) is 0 Å². The van der Waals surface area contributed by atoms with Gasteiger partial charge < -0.3 is 15.4 Å². The Morgan fingerprint density at radius 2 is 1.77 bits per heavy atom. The molecule has 2 aromatic carbocycles. The number of H-pyrrole nitrogens is 1. The Hall–Kier alpha value is -3.08. The summed E-state index contributed by atoms with van der Waals surface area (Å²) in [6, 6.07) is 13.1. The number of benzene rings is 2. The standard InChI is InChI=1S/C21H22N2O3/c1-3-4-14-9-10-16-17(11-14)19(24)18(23-20(16)25)21(26)22-12-15-7-5-13(2)6-8-15/h5-11,24H,3-4,12H2,1-2H3,(H,22,26)(H,23,25). The van der Waals surface area contributed by atoms with Gasteiger partial charge in [0.25, 0.3) is 11.5 Å². The third-order valence-corrected chi connectivity index (χ3v) is 4.40. The molecular formula is C21H22N2O3. The van der Waals surface area contributed by atoms with Crippen LogP contribution in [0.2, 0.25) is 0 Å². The van der Waals surface area contributed by atoms with Crippen LogP contribution in [-0.4, -0.2) is 16.0 Å². The molecule has 0 saturated carbocycles. The predicted molar refractivity (Wildman–Crippen MR) is 103 cm³/mol. The number of carbonyl (C=O) groups is 1. The van der Waals surface area contributed by atoms with Gasteiger partial charge in [0.15, 0.2) is 5.75 Å². The van der Waals surface area contributed by atoms with Gasteiger partial charge in [0.05, 0.1) is 5.39 Å². The van der Waals surface area contributed by atoms with E-state index >= 15 is 0 Å². The first-order valence-electron chi connectivity index (χ1n) is 8.71.